The molecule has 2 nitrogen and oxygen atoms in total. The van der Waals surface area contributed by atoms with Gasteiger partial charge in [0.05, 0.1) is 12.2 Å². The number of aldehydes is 1. The van der Waals surface area contributed by atoms with Crippen LogP contribution in [0.1, 0.15) is 19.8 Å². The van der Waals surface area contributed by atoms with Crippen LogP contribution in [0.2, 0.25) is 0 Å². The molecule has 1 heterocycles. The molecule has 2 heteroatoms. The van der Waals surface area contributed by atoms with Crippen LogP contribution in [0, 0.1) is 5.92 Å². The summed E-state index contributed by atoms with van der Waals surface area (Å²) in [5, 5.41) is 0. The minimum Gasteiger partial charge on any atom is -0.374 e. The van der Waals surface area contributed by atoms with Crippen molar-refractivity contribution in [3.8, 4) is 0 Å². The van der Waals surface area contributed by atoms with Crippen LogP contribution in [-0.2, 0) is 9.53 Å². The van der Waals surface area contributed by atoms with E-state index in [0.717, 1.165) is 24.7 Å². The molecule has 0 saturated carbocycles. The molecule has 0 radical (unpaired) electrons. The van der Waals surface area contributed by atoms with E-state index in [1.54, 1.807) is 0 Å². The second-order valence-electron chi connectivity index (χ2n) is 3.45. The van der Waals surface area contributed by atoms with Gasteiger partial charge in [0.1, 0.15) is 6.29 Å². The molecule has 1 fully saturated rings. The normalized spacial score (nSPS) is 41.9. The van der Waals surface area contributed by atoms with Crippen LogP contribution in [0.3, 0.4) is 0 Å². The van der Waals surface area contributed by atoms with Gasteiger partial charge in [-0.1, -0.05) is 6.08 Å². The predicted molar refractivity (Wildman–Crippen MR) is 41.2 cm³/mol. The van der Waals surface area contributed by atoms with Gasteiger partial charge in [-0.05, 0) is 18.9 Å². The molecule has 60 valence electrons. The Balaban J connectivity index is 2.09. The molecule has 1 saturated heterocycles. The van der Waals surface area contributed by atoms with E-state index < -0.39 is 0 Å². The van der Waals surface area contributed by atoms with E-state index in [0.29, 0.717) is 18.1 Å². The van der Waals surface area contributed by atoms with Crippen LogP contribution in [0.15, 0.2) is 11.6 Å². The minimum absolute atomic E-state index is 0.310. The molecule has 0 bridgehead atoms. The van der Waals surface area contributed by atoms with Crippen LogP contribution < -0.4 is 0 Å². The van der Waals surface area contributed by atoms with Gasteiger partial charge >= 0.3 is 0 Å². The first-order chi connectivity index (χ1) is 5.29. The molecule has 1 aliphatic heterocycles. The molecule has 1 aliphatic carbocycles. The van der Waals surface area contributed by atoms with E-state index in [1.807, 2.05) is 0 Å². The van der Waals surface area contributed by atoms with Crippen molar-refractivity contribution in [2.24, 2.45) is 5.92 Å². The van der Waals surface area contributed by atoms with Crippen molar-refractivity contribution in [1.29, 1.82) is 0 Å². The maximum atomic E-state index is 10.4. The molecule has 0 aromatic rings. The van der Waals surface area contributed by atoms with Gasteiger partial charge in [-0.15, -0.1) is 0 Å². The summed E-state index contributed by atoms with van der Waals surface area (Å²) < 4.78 is 5.61. The molecular weight excluding hydrogens is 140 g/mol. The molecule has 11 heavy (non-hydrogen) atoms. The fourth-order valence-electron chi connectivity index (χ4n) is 2.03. The minimum atomic E-state index is 0.310. The van der Waals surface area contributed by atoms with Gasteiger partial charge in [0, 0.05) is 12.3 Å². The van der Waals surface area contributed by atoms with Crippen molar-refractivity contribution in [1.82, 2.24) is 0 Å². The smallest absolute Gasteiger partial charge is 0.145 e. The molecule has 0 amide bonds. The second-order valence-corrected chi connectivity index (χ2v) is 3.45. The Labute approximate surface area is 66.2 Å². The number of ether oxygens (including phenoxy) is 1. The first kappa shape index (κ1) is 7.04. The molecule has 3 atom stereocenters. The average molecular weight is 152 g/mol. The Morgan fingerprint density at radius 3 is 3.18 bits per heavy atom. The third-order valence-corrected chi connectivity index (χ3v) is 2.51. The number of hydrogen-bond donors (Lipinski definition) is 0. The van der Waals surface area contributed by atoms with Crippen LogP contribution in [0.4, 0.5) is 0 Å². The quantitative estimate of drug-likeness (QED) is 0.529. The first-order valence-corrected chi connectivity index (χ1v) is 4.11. The summed E-state index contributed by atoms with van der Waals surface area (Å²) >= 11 is 0. The van der Waals surface area contributed by atoms with Gasteiger partial charge in [-0.3, -0.25) is 4.79 Å². The van der Waals surface area contributed by atoms with Crippen LogP contribution >= 0.6 is 0 Å². The number of hydrogen-bond acceptors (Lipinski definition) is 2. The summed E-state index contributed by atoms with van der Waals surface area (Å²) in [5.41, 5.74) is 0.923. The highest BCUT2D eigenvalue weighted by Crippen LogP contribution is 2.36. The van der Waals surface area contributed by atoms with Crippen LogP contribution in [0.5, 0.6) is 0 Å². The second kappa shape index (κ2) is 2.45. The Morgan fingerprint density at radius 2 is 2.55 bits per heavy atom. The summed E-state index contributed by atoms with van der Waals surface area (Å²) in [6.07, 6.45) is 5.63. The zero-order valence-corrected chi connectivity index (χ0v) is 6.62. The average Bonchev–Trinajstić information content (AvgIpc) is 2.43. The van der Waals surface area contributed by atoms with Crippen LogP contribution in [-0.4, -0.2) is 18.5 Å². The van der Waals surface area contributed by atoms with Crippen molar-refractivity contribution in [3.63, 3.8) is 0 Å². The van der Waals surface area contributed by atoms with Gasteiger partial charge in [0.25, 0.3) is 0 Å². The fourth-order valence-corrected chi connectivity index (χ4v) is 2.03. The topological polar surface area (TPSA) is 26.3 Å². The lowest BCUT2D eigenvalue weighted by molar-refractivity contribution is -0.105. The van der Waals surface area contributed by atoms with Gasteiger partial charge in [-0.2, -0.15) is 0 Å². The SMILES string of the molecule is CC1CC2C=C(C=O)CC2O1. The molecule has 0 spiro atoms. The van der Waals surface area contributed by atoms with Gasteiger partial charge in [0.15, 0.2) is 0 Å². The van der Waals surface area contributed by atoms with Crippen molar-refractivity contribution < 1.29 is 9.53 Å². The molecular formula is C9H12O2. The largest absolute Gasteiger partial charge is 0.374 e. The van der Waals surface area contributed by atoms with E-state index in [1.165, 1.54) is 0 Å². The van der Waals surface area contributed by atoms with Crippen molar-refractivity contribution in [3.05, 3.63) is 11.6 Å². The maximum Gasteiger partial charge on any atom is 0.145 e. The maximum absolute atomic E-state index is 10.4. The summed E-state index contributed by atoms with van der Waals surface area (Å²) in [5.74, 6) is 0.519. The highest BCUT2D eigenvalue weighted by Gasteiger charge is 2.35. The number of carbonyl (C=O) groups is 1. The Bertz CT molecular complexity index is 208. The zero-order chi connectivity index (χ0) is 7.84. The molecule has 3 unspecified atom stereocenters. The third-order valence-electron chi connectivity index (χ3n) is 2.51. The zero-order valence-electron chi connectivity index (χ0n) is 6.62. The van der Waals surface area contributed by atoms with E-state index in [9.17, 15) is 4.79 Å². The van der Waals surface area contributed by atoms with E-state index in [-0.39, 0.29) is 0 Å². The third kappa shape index (κ3) is 1.11. The van der Waals surface area contributed by atoms with Crippen molar-refractivity contribution >= 4 is 6.29 Å². The Hall–Kier alpha value is -0.630. The lowest BCUT2D eigenvalue weighted by Crippen LogP contribution is -2.09. The van der Waals surface area contributed by atoms with Crippen LogP contribution in [0.25, 0.3) is 0 Å². The highest BCUT2D eigenvalue weighted by molar-refractivity contribution is 5.74. The summed E-state index contributed by atoms with van der Waals surface area (Å²) in [6, 6.07) is 0. The van der Waals surface area contributed by atoms with Gasteiger partial charge < -0.3 is 4.74 Å². The lowest BCUT2D eigenvalue weighted by Gasteiger charge is -2.07. The number of rotatable bonds is 1. The van der Waals surface area contributed by atoms with E-state index in [4.69, 9.17) is 4.74 Å². The van der Waals surface area contributed by atoms with Gasteiger partial charge in [-0.25, -0.2) is 0 Å². The Kier molecular flexibility index (Phi) is 1.57. The summed E-state index contributed by atoms with van der Waals surface area (Å²) in [4.78, 5) is 10.4. The van der Waals surface area contributed by atoms with E-state index in [2.05, 4.69) is 13.0 Å². The fraction of sp³-hybridized carbons (Fsp3) is 0.667. The van der Waals surface area contributed by atoms with E-state index >= 15 is 0 Å². The molecule has 0 N–H and O–H groups in total. The van der Waals surface area contributed by atoms with Crippen molar-refractivity contribution in [2.75, 3.05) is 0 Å². The lowest BCUT2D eigenvalue weighted by atomic mass is 10.0. The number of fused-ring (bicyclic) bond motifs is 1. The molecule has 2 rings (SSSR count). The van der Waals surface area contributed by atoms with Crippen molar-refractivity contribution in [2.45, 2.75) is 32.0 Å². The summed E-state index contributed by atoms with van der Waals surface area (Å²) in [6.45, 7) is 2.09. The molecule has 0 aromatic heterocycles. The Morgan fingerprint density at radius 1 is 1.73 bits per heavy atom. The standard InChI is InChI=1S/C9H12O2/c1-6-2-8-3-7(5-10)4-9(8)11-6/h3,5-6,8-9H,2,4H2,1H3. The highest BCUT2D eigenvalue weighted by atomic mass is 16.5. The number of carbonyl (C=O) groups excluding carboxylic acids is 1. The molecule has 0 aromatic carbocycles. The summed E-state index contributed by atoms with van der Waals surface area (Å²) in [7, 11) is 0. The predicted octanol–water partition coefficient (Wildman–Crippen LogP) is 1.31. The molecule has 2 aliphatic rings. The first-order valence-electron chi connectivity index (χ1n) is 4.11. The monoisotopic (exact) mass is 152 g/mol. The van der Waals surface area contributed by atoms with Gasteiger partial charge in [0.2, 0.25) is 0 Å².